The van der Waals surface area contributed by atoms with Crippen LogP contribution in [0.2, 0.25) is 0 Å². The molecule has 4 rings (SSSR count). The molecule has 2 aromatic carbocycles. The van der Waals surface area contributed by atoms with Gasteiger partial charge >= 0.3 is 0 Å². The number of anilines is 1. The first kappa shape index (κ1) is 21.0. The van der Waals surface area contributed by atoms with Gasteiger partial charge in [0.25, 0.3) is 5.91 Å². The normalized spacial score (nSPS) is 11.8. The van der Waals surface area contributed by atoms with Crippen LogP contribution in [0.1, 0.15) is 33.4 Å². The van der Waals surface area contributed by atoms with Crippen molar-refractivity contribution in [2.24, 2.45) is 0 Å². The Kier molecular flexibility index (Phi) is 5.82. The number of aromatic amines is 1. The number of aromatic nitrogens is 3. The summed E-state index contributed by atoms with van der Waals surface area (Å²) in [5.74, 6) is 0.222. The summed E-state index contributed by atoms with van der Waals surface area (Å²) >= 11 is 0. The number of nitrogens with two attached hydrogens (primary N) is 1. The molecular weight excluding hydrogens is 408 g/mol. The number of ether oxygens (including phenoxy) is 1. The molecule has 9 nitrogen and oxygen atoms in total. The van der Waals surface area contributed by atoms with Crippen molar-refractivity contribution in [2.45, 2.75) is 6.04 Å². The summed E-state index contributed by atoms with van der Waals surface area (Å²) < 4.78 is 5.21. The number of carbonyl (C=O) groups excluding carboxylic acids is 1. The molecule has 4 aromatic rings. The molecule has 0 fully saturated rings. The third-order valence-corrected chi connectivity index (χ3v) is 5.09. The summed E-state index contributed by atoms with van der Waals surface area (Å²) in [6.07, 6.45) is 3.21. The van der Waals surface area contributed by atoms with Crippen LogP contribution in [-0.2, 0) is 0 Å². The predicted octanol–water partition coefficient (Wildman–Crippen LogP) is 2.43. The Labute approximate surface area is 183 Å². The Balaban J connectivity index is 1.60. The maximum absolute atomic E-state index is 12.8. The molecule has 32 heavy (non-hydrogen) atoms. The van der Waals surface area contributed by atoms with E-state index in [1.54, 1.807) is 68.0 Å². The van der Waals surface area contributed by atoms with Crippen LogP contribution < -0.4 is 15.8 Å². The highest BCUT2D eigenvalue weighted by atomic mass is 16.5. The van der Waals surface area contributed by atoms with Gasteiger partial charge in [0.15, 0.2) is 5.82 Å². The van der Waals surface area contributed by atoms with E-state index in [1.165, 1.54) is 0 Å². The Morgan fingerprint density at radius 2 is 2.03 bits per heavy atom. The molecule has 9 heteroatoms. The van der Waals surface area contributed by atoms with E-state index in [0.29, 0.717) is 39.2 Å². The van der Waals surface area contributed by atoms with Crippen molar-refractivity contribution >= 4 is 28.3 Å². The van der Waals surface area contributed by atoms with Crippen molar-refractivity contribution in [1.82, 2.24) is 20.3 Å². The number of H-pyrrole nitrogens is 1. The summed E-state index contributed by atoms with van der Waals surface area (Å²) in [4.78, 5) is 24.1. The number of fused-ring (bicyclic) bond motifs is 1. The highest BCUT2D eigenvalue weighted by molar-refractivity contribution is 6.15. The third-order valence-electron chi connectivity index (χ3n) is 5.09. The van der Waals surface area contributed by atoms with Gasteiger partial charge in [-0.15, -0.1) is 0 Å². The van der Waals surface area contributed by atoms with Crippen molar-refractivity contribution in [3.8, 4) is 5.75 Å². The molecule has 2 aromatic heterocycles. The molecule has 0 aliphatic heterocycles. The number of imidazole rings is 1. The van der Waals surface area contributed by atoms with Crippen LogP contribution in [0.25, 0.3) is 11.0 Å². The van der Waals surface area contributed by atoms with Crippen molar-refractivity contribution in [2.75, 3.05) is 19.5 Å². The first-order valence-electron chi connectivity index (χ1n) is 9.84. The first-order valence-corrected chi connectivity index (χ1v) is 9.84. The zero-order valence-corrected chi connectivity index (χ0v) is 17.3. The van der Waals surface area contributed by atoms with Crippen LogP contribution in [0.5, 0.6) is 5.75 Å². The van der Waals surface area contributed by atoms with E-state index in [-0.39, 0.29) is 18.1 Å². The minimum atomic E-state index is -0.633. The number of nitrogens with zero attached hydrogens (tertiary/aromatic N) is 2. The Morgan fingerprint density at radius 1 is 1.25 bits per heavy atom. The number of rotatable bonds is 7. The number of methoxy groups -OCH3 is 1. The van der Waals surface area contributed by atoms with Gasteiger partial charge in [0, 0.05) is 29.2 Å². The smallest absolute Gasteiger partial charge is 0.287 e. The van der Waals surface area contributed by atoms with E-state index in [1.807, 2.05) is 0 Å². The Bertz CT molecular complexity index is 1290. The van der Waals surface area contributed by atoms with Crippen LogP contribution in [0.3, 0.4) is 0 Å². The number of benzene rings is 2. The average molecular weight is 430 g/mol. The number of aliphatic hydroxyl groups excluding tert-OH is 1. The van der Waals surface area contributed by atoms with Crippen molar-refractivity contribution in [3.05, 3.63) is 83.4 Å². The fraction of sp³-hybridized carbons (Fsp3) is 0.130. The highest BCUT2D eigenvalue weighted by Gasteiger charge is 2.19. The zero-order chi connectivity index (χ0) is 22.7. The lowest BCUT2D eigenvalue weighted by Gasteiger charge is -2.16. The van der Waals surface area contributed by atoms with Crippen molar-refractivity contribution in [3.63, 3.8) is 0 Å². The second-order valence-corrected chi connectivity index (χ2v) is 7.14. The summed E-state index contributed by atoms with van der Waals surface area (Å²) in [5, 5.41) is 21.0. The molecule has 1 atom stereocenters. The summed E-state index contributed by atoms with van der Waals surface area (Å²) in [6.45, 7) is -0.292. The van der Waals surface area contributed by atoms with Gasteiger partial charge < -0.3 is 25.9 Å². The number of nitrogen functional groups attached to an aromatic ring is 1. The molecule has 0 bridgehead atoms. The number of nitrogens with one attached hydrogen (secondary N) is 3. The van der Waals surface area contributed by atoms with Gasteiger partial charge in [-0.25, -0.2) is 4.98 Å². The molecule has 0 aliphatic rings. The van der Waals surface area contributed by atoms with Gasteiger partial charge in [-0.2, -0.15) is 0 Å². The Morgan fingerprint density at radius 3 is 2.75 bits per heavy atom. The molecular formula is C23H22N6O3. The number of aliphatic hydroxyl groups is 1. The van der Waals surface area contributed by atoms with E-state index >= 15 is 0 Å². The third kappa shape index (κ3) is 4.14. The predicted molar refractivity (Wildman–Crippen MR) is 121 cm³/mol. The van der Waals surface area contributed by atoms with Crippen LogP contribution in [0.15, 0.2) is 60.9 Å². The van der Waals surface area contributed by atoms with Crippen molar-refractivity contribution < 1.29 is 14.6 Å². The lowest BCUT2D eigenvalue weighted by molar-refractivity contribution is 0.0907. The molecule has 0 saturated heterocycles. The van der Waals surface area contributed by atoms with E-state index in [4.69, 9.17) is 15.9 Å². The standard InChI is InChI=1S/C23H22N6O3/c1-32-15-4-2-3-14(9-15)20(12-30)29-23(31)22-27-18-10-16(17(24)11-19(18)28-22)21(25)13-5-7-26-8-6-13/h2-11,20,25,30H,12,24H2,1H3,(H,27,28)(H,29,31). The number of hydrogen-bond acceptors (Lipinski definition) is 7. The van der Waals surface area contributed by atoms with Gasteiger partial charge in [0.05, 0.1) is 36.5 Å². The van der Waals surface area contributed by atoms with E-state index in [2.05, 4.69) is 20.3 Å². The molecule has 1 amide bonds. The molecule has 0 radical (unpaired) electrons. The minimum absolute atomic E-state index is 0.0772. The molecule has 162 valence electrons. The van der Waals surface area contributed by atoms with E-state index < -0.39 is 11.9 Å². The monoisotopic (exact) mass is 430 g/mol. The summed E-state index contributed by atoms with van der Waals surface area (Å²) in [6, 6.07) is 13.2. The fourth-order valence-electron chi connectivity index (χ4n) is 3.39. The second-order valence-electron chi connectivity index (χ2n) is 7.14. The van der Waals surface area contributed by atoms with Gasteiger partial charge in [-0.1, -0.05) is 12.1 Å². The Hall–Kier alpha value is -4.24. The van der Waals surface area contributed by atoms with E-state index in [0.717, 1.165) is 0 Å². The zero-order valence-electron chi connectivity index (χ0n) is 17.3. The van der Waals surface area contributed by atoms with Crippen LogP contribution in [0, 0.1) is 5.41 Å². The number of amides is 1. The number of hydrogen-bond donors (Lipinski definition) is 5. The number of carbonyl (C=O) groups is 1. The SMILES string of the molecule is COc1cccc(C(CO)NC(=O)c2nc3cc(C(=N)c4ccncc4)c(N)cc3[nH]2)c1. The van der Waals surface area contributed by atoms with Crippen LogP contribution in [0.4, 0.5) is 5.69 Å². The molecule has 6 N–H and O–H groups in total. The highest BCUT2D eigenvalue weighted by Crippen LogP contribution is 2.24. The molecule has 0 aliphatic carbocycles. The van der Waals surface area contributed by atoms with Gasteiger partial charge in [0.2, 0.25) is 0 Å². The lowest BCUT2D eigenvalue weighted by atomic mass is 10.0. The molecule has 0 saturated carbocycles. The van der Waals surface area contributed by atoms with Gasteiger partial charge in [-0.3, -0.25) is 15.2 Å². The molecule has 1 unspecified atom stereocenters. The van der Waals surface area contributed by atoms with Crippen molar-refractivity contribution in [1.29, 1.82) is 5.41 Å². The van der Waals surface area contributed by atoms with Gasteiger partial charge in [-0.05, 0) is 42.0 Å². The quantitative estimate of drug-likeness (QED) is 0.224. The maximum Gasteiger partial charge on any atom is 0.287 e. The molecule has 0 spiro atoms. The lowest BCUT2D eigenvalue weighted by Crippen LogP contribution is -2.31. The average Bonchev–Trinajstić information content (AvgIpc) is 3.25. The maximum atomic E-state index is 12.8. The fourth-order valence-corrected chi connectivity index (χ4v) is 3.39. The largest absolute Gasteiger partial charge is 0.497 e. The van der Waals surface area contributed by atoms with E-state index in [9.17, 15) is 9.90 Å². The number of pyridine rings is 1. The van der Waals surface area contributed by atoms with Crippen LogP contribution in [-0.4, -0.2) is 45.4 Å². The minimum Gasteiger partial charge on any atom is -0.497 e. The summed E-state index contributed by atoms with van der Waals surface area (Å²) in [7, 11) is 1.55. The topological polar surface area (TPSA) is 150 Å². The summed E-state index contributed by atoms with van der Waals surface area (Å²) in [5.41, 5.74) is 9.74. The second kappa shape index (κ2) is 8.86. The molecule has 2 heterocycles. The first-order chi connectivity index (χ1) is 15.5. The van der Waals surface area contributed by atoms with Crippen LogP contribution >= 0.6 is 0 Å². The van der Waals surface area contributed by atoms with Gasteiger partial charge in [0.1, 0.15) is 5.75 Å².